The number of rotatable bonds is 4. The molecule has 14 heavy (non-hydrogen) atoms. The molecule has 1 heterocycles. The van der Waals surface area contributed by atoms with Crippen LogP contribution >= 0.6 is 23.5 Å². The standard InChI is InChI=1S/C11H21NS2/c1-2-14-11-6-4-3-5-10(11)12-9-7-13-8-9/h9-12H,2-8H2,1H3. The van der Waals surface area contributed by atoms with Gasteiger partial charge in [0.2, 0.25) is 0 Å². The first kappa shape index (κ1) is 11.2. The summed E-state index contributed by atoms with van der Waals surface area (Å²) >= 11 is 4.25. The zero-order valence-corrected chi connectivity index (χ0v) is 10.6. The van der Waals surface area contributed by atoms with Crippen molar-refractivity contribution in [3.05, 3.63) is 0 Å². The lowest BCUT2D eigenvalue weighted by atomic mass is 9.94. The molecule has 0 aromatic carbocycles. The van der Waals surface area contributed by atoms with Crippen molar-refractivity contribution in [2.75, 3.05) is 17.3 Å². The summed E-state index contributed by atoms with van der Waals surface area (Å²) in [4.78, 5) is 0. The molecule has 0 amide bonds. The van der Waals surface area contributed by atoms with E-state index in [9.17, 15) is 0 Å². The second kappa shape index (κ2) is 5.66. The second-order valence-corrected chi connectivity index (χ2v) is 6.88. The monoisotopic (exact) mass is 231 g/mol. The largest absolute Gasteiger partial charge is 0.308 e. The summed E-state index contributed by atoms with van der Waals surface area (Å²) in [5.74, 6) is 3.97. The number of nitrogens with one attached hydrogen (secondary N) is 1. The van der Waals surface area contributed by atoms with E-state index in [2.05, 4.69) is 35.8 Å². The fourth-order valence-electron chi connectivity index (χ4n) is 2.34. The van der Waals surface area contributed by atoms with Crippen molar-refractivity contribution in [2.24, 2.45) is 0 Å². The van der Waals surface area contributed by atoms with Crippen molar-refractivity contribution >= 4 is 23.5 Å². The first-order chi connectivity index (χ1) is 6.90. The van der Waals surface area contributed by atoms with Crippen molar-refractivity contribution in [2.45, 2.75) is 49.9 Å². The predicted molar refractivity (Wildman–Crippen MR) is 68.4 cm³/mol. The van der Waals surface area contributed by atoms with Crippen LogP contribution in [0.5, 0.6) is 0 Å². The smallest absolute Gasteiger partial charge is 0.0251 e. The lowest BCUT2D eigenvalue weighted by Gasteiger charge is -2.37. The molecule has 1 aliphatic carbocycles. The van der Waals surface area contributed by atoms with E-state index < -0.39 is 0 Å². The molecule has 2 aliphatic rings. The Morgan fingerprint density at radius 1 is 1.29 bits per heavy atom. The van der Waals surface area contributed by atoms with Crippen molar-refractivity contribution in [3.63, 3.8) is 0 Å². The van der Waals surface area contributed by atoms with E-state index in [0.29, 0.717) is 0 Å². The highest BCUT2D eigenvalue weighted by atomic mass is 32.2. The molecule has 0 aromatic rings. The molecule has 2 rings (SSSR count). The molecule has 2 fully saturated rings. The van der Waals surface area contributed by atoms with Crippen LogP contribution in [-0.2, 0) is 0 Å². The Morgan fingerprint density at radius 2 is 2.07 bits per heavy atom. The van der Waals surface area contributed by atoms with Crippen LogP contribution in [0.15, 0.2) is 0 Å². The highest BCUT2D eigenvalue weighted by Crippen LogP contribution is 2.30. The molecule has 1 N–H and O–H groups in total. The minimum absolute atomic E-state index is 0.819. The van der Waals surface area contributed by atoms with Crippen molar-refractivity contribution in [1.29, 1.82) is 0 Å². The molecule has 1 saturated heterocycles. The summed E-state index contributed by atoms with van der Waals surface area (Å²) in [6.45, 7) is 2.29. The summed E-state index contributed by atoms with van der Waals surface area (Å²) < 4.78 is 0. The van der Waals surface area contributed by atoms with Gasteiger partial charge in [0.1, 0.15) is 0 Å². The van der Waals surface area contributed by atoms with Gasteiger partial charge < -0.3 is 5.32 Å². The first-order valence-electron chi connectivity index (χ1n) is 5.85. The van der Waals surface area contributed by atoms with E-state index in [4.69, 9.17) is 0 Å². The van der Waals surface area contributed by atoms with E-state index in [1.807, 2.05) is 0 Å². The molecule has 82 valence electrons. The van der Waals surface area contributed by atoms with Gasteiger partial charge in [0.25, 0.3) is 0 Å². The molecule has 0 spiro atoms. The van der Waals surface area contributed by atoms with Crippen LogP contribution in [0.3, 0.4) is 0 Å². The highest BCUT2D eigenvalue weighted by molar-refractivity contribution is 8.00. The number of thioether (sulfide) groups is 2. The summed E-state index contributed by atoms with van der Waals surface area (Å²) in [6.07, 6.45) is 5.75. The maximum absolute atomic E-state index is 3.85. The molecule has 1 aliphatic heterocycles. The van der Waals surface area contributed by atoms with Gasteiger partial charge in [-0.1, -0.05) is 19.8 Å². The topological polar surface area (TPSA) is 12.0 Å². The SMILES string of the molecule is CCSC1CCCCC1NC1CSC1. The lowest BCUT2D eigenvalue weighted by molar-refractivity contribution is 0.360. The van der Waals surface area contributed by atoms with Crippen LogP contribution in [0, 0.1) is 0 Å². The van der Waals surface area contributed by atoms with Gasteiger partial charge in [-0.15, -0.1) is 0 Å². The fourth-order valence-corrected chi connectivity index (χ4v) is 4.21. The molecule has 0 radical (unpaired) electrons. The van der Waals surface area contributed by atoms with Crippen LogP contribution in [-0.4, -0.2) is 34.6 Å². The van der Waals surface area contributed by atoms with E-state index in [-0.39, 0.29) is 0 Å². The van der Waals surface area contributed by atoms with Crippen LogP contribution in [0.4, 0.5) is 0 Å². The third-order valence-electron chi connectivity index (χ3n) is 3.17. The average Bonchev–Trinajstić information content (AvgIpc) is 2.14. The minimum Gasteiger partial charge on any atom is -0.308 e. The maximum atomic E-state index is 3.85. The molecule has 2 atom stereocenters. The quantitative estimate of drug-likeness (QED) is 0.799. The molecule has 3 heteroatoms. The molecular weight excluding hydrogens is 210 g/mol. The number of hydrogen-bond acceptors (Lipinski definition) is 3. The van der Waals surface area contributed by atoms with Gasteiger partial charge in [-0.3, -0.25) is 0 Å². The van der Waals surface area contributed by atoms with Crippen LogP contribution < -0.4 is 5.32 Å². The fraction of sp³-hybridized carbons (Fsp3) is 1.00. The van der Waals surface area contributed by atoms with E-state index >= 15 is 0 Å². The van der Waals surface area contributed by atoms with Gasteiger partial charge in [0.15, 0.2) is 0 Å². The third-order valence-corrected chi connectivity index (χ3v) is 5.77. The van der Waals surface area contributed by atoms with Gasteiger partial charge in [-0.05, 0) is 18.6 Å². The Labute approximate surface area is 96.2 Å². The molecule has 0 bridgehead atoms. The van der Waals surface area contributed by atoms with Crippen LogP contribution in [0.2, 0.25) is 0 Å². The van der Waals surface area contributed by atoms with Crippen LogP contribution in [0.1, 0.15) is 32.6 Å². The molecule has 2 unspecified atom stereocenters. The van der Waals surface area contributed by atoms with Crippen molar-refractivity contribution < 1.29 is 0 Å². The highest BCUT2D eigenvalue weighted by Gasteiger charge is 2.29. The van der Waals surface area contributed by atoms with Gasteiger partial charge in [0.05, 0.1) is 0 Å². The van der Waals surface area contributed by atoms with E-state index in [0.717, 1.165) is 17.3 Å². The van der Waals surface area contributed by atoms with E-state index in [1.54, 1.807) is 0 Å². The Bertz CT molecular complexity index is 169. The minimum atomic E-state index is 0.819. The first-order valence-corrected chi connectivity index (χ1v) is 8.06. The maximum Gasteiger partial charge on any atom is 0.0251 e. The summed E-state index contributed by atoms with van der Waals surface area (Å²) in [6, 6.07) is 1.66. The molecule has 0 aromatic heterocycles. The Kier molecular flexibility index (Phi) is 4.51. The summed E-state index contributed by atoms with van der Waals surface area (Å²) in [5, 5.41) is 4.75. The molecular formula is C11H21NS2. The Morgan fingerprint density at radius 3 is 2.71 bits per heavy atom. The normalized spacial score (nSPS) is 34.1. The molecule has 1 nitrogen and oxygen atoms in total. The number of hydrogen-bond donors (Lipinski definition) is 1. The average molecular weight is 231 g/mol. The third kappa shape index (κ3) is 2.83. The van der Waals surface area contributed by atoms with E-state index in [1.165, 1.54) is 42.9 Å². The zero-order valence-electron chi connectivity index (χ0n) is 9.00. The second-order valence-electron chi connectivity index (χ2n) is 4.29. The van der Waals surface area contributed by atoms with Gasteiger partial charge in [-0.25, -0.2) is 0 Å². The van der Waals surface area contributed by atoms with Gasteiger partial charge in [0, 0.05) is 28.8 Å². The van der Waals surface area contributed by atoms with Gasteiger partial charge >= 0.3 is 0 Å². The Balaban J connectivity index is 1.78. The van der Waals surface area contributed by atoms with Gasteiger partial charge in [-0.2, -0.15) is 23.5 Å². The van der Waals surface area contributed by atoms with Crippen LogP contribution in [0.25, 0.3) is 0 Å². The lowest BCUT2D eigenvalue weighted by Crippen LogP contribution is -2.51. The van der Waals surface area contributed by atoms with Crippen molar-refractivity contribution in [3.8, 4) is 0 Å². The summed E-state index contributed by atoms with van der Waals surface area (Å²) in [5.41, 5.74) is 0. The Hall–Kier alpha value is 0.660. The predicted octanol–water partition coefficient (Wildman–Crippen LogP) is 2.76. The molecule has 1 saturated carbocycles. The zero-order chi connectivity index (χ0) is 9.80. The van der Waals surface area contributed by atoms with Crippen molar-refractivity contribution in [1.82, 2.24) is 5.32 Å². The summed E-state index contributed by atoms with van der Waals surface area (Å²) in [7, 11) is 0.